The van der Waals surface area contributed by atoms with E-state index in [1.54, 1.807) is 0 Å². The van der Waals surface area contributed by atoms with Gasteiger partial charge in [-0.25, -0.2) is 14.4 Å². The Kier molecular flexibility index (Phi) is 21.7. The average molecular weight is 1160 g/mol. The molecule has 452 valence electrons. The number of nitrogens with one attached hydrogen (secondary N) is 3. The molecule has 6 fully saturated rings. The van der Waals surface area contributed by atoms with Gasteiger partial charge in [-0.3, -0.25) is 14.4 Å². The summed E-state index contributed by atoms with van der Waals surface area (Å²) in [5.41, 5.74) is 0. The van der Waals surface area contributed by atoms with E-state index in [-0.39, 0.29) is 0 Å². The SMILES string of the molecule is CC(=O)NC1C(O)OC(CO)C(O)C1OC1OC(C(=O)O)C(OC2OC(CO)C(O)C(OC3OC(C(=O)O)C(OC4OC(CO)C(O)C(OC5OC(C(=O)O)C(O)C(O)C5O)C4NC(C)=O)C(O)C3O)C2NC(C)=O)C(O)C1O. The van der Waals surface area contributed by atoms with E-state index in [1.165, 1.54) is 0 Å². The van der Waals surface area contributed by atoms with Crippen molar-refractivity contribution in [2.45, 2.75) is 205 Å². The summed E-state index contributed by atoms with van der Waals surface area (Å²) >= 11 is 0. The lowest BCUT2D eigenvalue weighted by atomic mass is 9.93. The molecule has 0 radical (unpaired) electrons. The fraction of sp³-hybridized carbons (Fsp3) is 0.857. The Hall–Kier alpha value is -4.18. The summed E-state index contributed by atoms with van der Waals surface area (Å²) in [5, 5.41) is 188. The molecule has 37 heteroatoms. The van der Waals surface area contributed by atoms with E-state index in [0.29, 0.717) is 0 Å². The van der Waals surface area contributed by atoms with Gasteiger partial charge in [-0.1, -0.05) is 0 Å². The molecule has 0 aliphatic carbocycles. The molecule has 3 amide bonds. The van der Waals surface area contributed by atoms with Crippen molar-refractivity contribution in [2.75, 3.05) is 19.8 Å². The monoisotopic (exact) mass is 1160 g/mol. The van der Waals surface area contributed by atoms with Crippen LogP contribution < -0.4 is 16.0 Å². The molecule has 37 nitrogen and oxygen atoms in total. The lowest BCUT2D eigenvalue weighted by molar-refractivity contribution is -0.377. The van der Waals surface area contributed by atoms with Gasteiger partial charge < -0.3 is 155 Å². The Morgan fingerprint density at radius 2 is 0.633 bits per heavy atom. The van der Waals surface area contributed by atoms with E-state index >= 15 is 0 Å². The maximum absolute atomic E-state index is 12.9. The molecule has 0 aromatic carbocycles. The van der Waals surface area contributed by atoms with Crippen molar-refractivity contribution < 1.29 is 168 Å². The lowest BCUT2D eigenvalue weighted by Crippen LogP contribution is -2.71. The minimum atomic E-state index is -2.52. The minimum absolute atomic E-state index is 0.806. The number of hydrogen-bond acceptors (Lipinski definition) is 31. The van der Waals surface area contributed by atoms with Crippen molar-refractivity contribution in [1.82, 2.24) is 16.0 Å². The molecule has 0 bridgehead atoms. The number of hydrogen-bond donors (Lipinski definition) is 20. The molecule has 0 aromatic rings. The summed E-state index contributed by atoms with van der Waals surface area (Å²) in [4.78, 5) is 74.7. The molecule has 6 aliphatic rings. The molecule has 20 N–H and O–H groups in total. The van der Waals surface area contributed by atoms with Crippen LogP contribution in [-0.2, 0) is 80.9 Å². The number of rotatable bonds is 19. The molecule has 0 aromatic heterocycles. The molecule has 6 aliphatic heterocycles. The van der Waals surface area contributed by atoms with E-state index in [1.807, 2.05) is 0 Å². The number of aliphatic hydroxyl groups excluding tert-OH is 14. The molecule has 0 saturated carbocycles. The smallest absolute Gasteiger partial charge is 0.335 e. The highest BCUT2D eigenvalue weighted by molar-refractivity contribution is 5.75. The molecular weight excluding hydrogens is 1090 g/mol. The summed E-state index contributed by atoms with van der Waals surface area (Å²) in [6, 6.07) is -5.60. The van der Waals surface area contributed by atoms with Crippen molar-refractivity contribution >= 4 is 35.6 Å². The van der Waals surface area contributed by atoms with Crippen LogP contribution in [0.3, 0.4) is 0 Å². The molecule has 30 atom stereocenters. The van der Waals surface area contributed by atoms with Crippen LogP contribution in [0.4, 0.5) is 0 Å². The quantitative estimate of drug-likeness (QED) is 0.0571. The van der Waals surface area contributed by atoms with Gasteiger partial charge in [0.1, 0.15) is 128 Å². The molecular formula is C42H65N3O34. The van der Waals surface area contributed by atoms with Gasteiger partial charge in [0.2, 0.25) is 17.7 Å². The lowest BCUT2D eigenvalue weighted by Gasteiger charge is -2.50. The zero-order valence-corrected chi connectivity index (χ0v) is 41.5. The second-order valence-corrected chi connectivity index (χ2v) is 19.1. The first-order chi connectivity index (χ1) is 37.1. The minimum Gasteiger partial charge on any atom is -0.479 e. The first-order valence-electron chi connectivity index (χ1n) is 24.1. The first kappa shape index (κ1) is 64.0. The first-order valence-corrected chi connectivity index (χ1v) is 24.1. The summed E-state index contributed by atoms with van der Waals surface area (Å²) in [6.45, 7) is -0.408. The number of carboxylic acids is 3. The highest BCUT2D eigenvalue weighted by atomic mass is 16.8. The number of aliphatic hydroxyl groups is 14. The van der Waals surface area contributed by atoms with E-state index in [9.17, 15) is 116 Å². The van der Waals surface area contributed by atoms with Crippen LogP contribution in [0.15, 0.2) is 0 Å². The number of ether oxygens (including phenoxy) is 11. The van der Waals surface area contributed by atoms with Crippen LogP contribution in [0.25, 0.3) is 0 Å². The zero-order valence-electron chi connectivity index (χ0n) is 41.5. The topological polar surface area (TPSA) is 584 Å². The van der Waals surface area contributed by atoms with Crippen LogP contribution in [0, 0.1) is 0 Å². The van der Waals surface area contributed by atoms with Crippen LogP contribution in [0.2, 0.25) is 0 Å². The third-order valence-electron chi connectivity index (χ3n) is 13.5. The standard InChI is InChI=1S/C42H65N3O34/c1-7(49)43-13-26(16(52)10(4-46)69-37(13)68)72-41-24(60)21(57)29(32(78-41)35(64)65)75-39-15(45-9(3)51)28(18(54)12(6-48)71-39)74-42-25(61)22(58)30(33(79-42)36(66)67)76-38-14(44-8(2)50)27(17(53)11(5-47)70-38)73-40-23(59)19(55)20(56)31(77-40)34(62)63/h10-33,37-42,46-48,52-61,68H,4-6H2,1-3H3,(H,43,49)(H,44,50)(H,45,51)(H,62,63)(H,64,65)(H,66,67). The Labute approximate surface area is 443 Å². The largest absolute Gasteiger partial charge is 0.479 e. The van der Waals surface area contributed by atoms with Crippen LogP contribution in [0.5, 0.6) is 0 Å². The maximum atomic E-state index is 12.9. The van der Waals surface area contributed by atoms with Crippen molar-refractivity contribution in [3.63, 3.8) is 0 Å². The predicted molar refractivity (Wildman–Crippen MR) is 236 cm³/mol. The fourth-order valence-electron chi connectivity index (χ4n) is 9.64. The maximum Gasteiger partial charge on any atom is 0.335 e. The molecule has 79 heavy (non-hydrogen) atoms. The van der Waals surface area contributed by atoms with Gasteiger partial charge in [0, 0.05) is 20.8 Å². The van der Waals surface area contributed by atoms with E-state index in [2.05, 4.69) is 16.0 Å². The van der Waals surface area contributed by atoms with Crippen molar-refractivity contribution in [3.05, 3.63) is 0 Å². The molecule has 6 saturated heterocycles. The number of carbonyl (C=O) groups excluding carboxylic acids is 3. The summed E-state index contributed by atoms with van der Waals surface area (Å²) < 4.78 is 61.2. The third kappa shape index (κ3) is 13.8. The molecule has 6 heterocycles. The van der Waals surface area contributed by atoms with Gasteiger partial charge in [-0.15, -0.1) is 0 Å². The van der Waals surface area contributed by atoms with Crippen LogP contribution in [0.1, 0.15) is 20.8 Å². The van der Waals surface area contributed by atoms with Crippen molar-refractivity contribution in [2.24, 2.45) is 0 Å². The number of amides is 3. The van der Waals surface area contributed by atoms with E-state index < -0.39 is 239 Å². The second kappa shape index (κ2) is 26.8. The number of aliphatic carboxylic acids is 3. The van der Waals surface area contributed by atoms with Crippen LogP contribution in [-0.4, -0.2) is 326 Å². The number of carboxylic acid groups (broad SMARTS) is 3. The Morgan fingerprint density at radius 1 is 0.342 bits per heavy atom. The molecule has 30 unspecified atom stereocenters. The van der Waals surface area contributed by atoms with Crippen molar-refractivity contribution in [1.29, 1.82) is 0 Å². The summed E-state index contributed by atoms with van der Waals surface area (Å²) in [6.07, 6.45) is -59.2. The van der Waals surface area contributed by atoms with Gasteiger partial charge in [0.25, 0.3) is 0 Å². The number of carbonyl (C=O) groups is 6. The fourth-order valence-corrected chi connectivity index (χ4v) is 9.64. The predicted octanol–water partition coefficient (Wildman–Crippen LogP) is -13.4. The zero-order chi connectivity index (χ0) is 58.8. The Balaban J connectivity index is 1.25. The molecule has 0 spiro atoms. The van der Waals surface area contributed by atoms with Gasteiger partial charge in [-0.05, 0) is 0 Å². The normalized spacial score (nSPS) is 46.6. The Bertz CT molecular complexity index is 2120. The van der Waals surface area contributed by atoms with Gasteiger partial charge >= 0.3 is 17.9 Å². The third-order valence-corrected chi connectivity index (χ3v) is 13.5. The summed E-state index contributed by atoms with van der Waals surface area (Å²) in [7, 11) is 0. The molecule has 6 rings (SSSR count). The second-order valence-electron chi connectivity index (χ2n) is 19.1. The van der Waals surface area contributed by atoms with Gasteiger partial charge in [0.15, 0.2) is 56.1 Å². The van der Waals surface area contributed by atoms with E-state index in [0.717, 1.165) is 20.8 Å². The van der Waals surface area contributed by atoms with Crippen molar-refractivity contribution in [3.8, 4) is 0 Å². The highest BCUT2D eigenvalue weighted by Crippen LogP contribution is 2.37. The average Bonchev–Trinajstić information content (AvgIpc) is 3.44. The van der Waals surface area contributed by atoms with Gasteiger partial charge in [-0.2, -0.15) is 0 Å². The van der Waals surface area contributed by atoms with Gasteiger partial charge in [0.05, 0.1) is 19.8 Å². The Morgan fingerprint density at radius 3 is 0.962 bits per heavy atom. The highest BCUT2D eigenvalue weighted by Gasteiger charge is 2.60. The summed E-state index contributed by atoms with van der Waals surface area (Å²) in [5.74, 6) is -8.58. The van der Waals surface area contributed by atoms with E-state index in [4.69, 9.17) is 52.1 Å². The van der Waals surface area contributed by atoms with Crippen LogP contribution >= 0.6 is 0 Å².